The molecule has 1 aliphatic heterocycles. The number of benzene rings is 1. The molecular weight excluding hydrogens is 388 g/mol. The molecule has 1 aromatic carbocycles. The van der Waals surface area contributed by atoms with Crippen LogP contribution in [0.2, 0.25) is 0 Å². The lowest BCUT2D eigenvalue weighted by Crippen LogP contribution is -2.49. The number of hydrogen-bond donors (Lipinski definition) is 1. The average molecular weight is 415 g/mol. The second kappa shape index (κ2) is 9.13. The van der Waals surface area contributed by atoms with Crippen LogP contribution in [-0.2, 0) is 9.53 Å². The summed E-state index contributed by atoms with van der Waals surface area (Å²) in [5, 5.41) is 6.78. The van der Waals surface area contributed by atoms with Gasteiger partial charge in [0.15, 0.2) is 0 Å². The SMILES string of the molecule is CCOC(=O)C1=C(COc2ccc(C)c(C)c2)N(CC)C(=O)NC1c1ccsc1. The van der Waals surface area contributed by atoms with E-state index >= 15 is 0 Å². The molecule has 3 rings (SSSR count). The Morgan fingerprint density at radius 3 is 2.62 bits per heavy atom. The summed E-state index contributed by atoms with van der Waals surface area (Å²) < 4.78 is 11.3. The highest BCUT2D eigenvalue weighted by Crippen LogP contribution is 2.33. The quantitative estimate of drug-likeness (QED) is 0.684. The minimum Gasteiger partial charge on any atom is -0.487 e. The zero-order chi connectivity index (χ0) is 21.0. The molecule has 0 saturated carbocycles. The third kappa shape index (κ3) is 4.45. The van der Waals surface area contributed by atoms with Gasteiger partial charge in [-0.05, 0) is 73.3 Å². The van der Waals surface area contributed by atoms with Gasteiger partial charge >= 0.3 is 12.0 Å². The van der Waals surface area contributed by atoms with E-state index in [-0.39, 0.29) is 19.2 Å². The van der Waals surface area contributed by atoms with Crippen molar-refractivity contribution < 1.29 is 19.1 Å². The van der Waals surface area contributed by atoms with Crippen molar-refractivity contribution in [1.82, 2.24) is 10.2 Å². The molecule has 0 aliphatic carbocycles. The molecule has 1 aliphatic rings. The Balaban J connectivity index is 2.02. The fourth-order valence-electron chi connectivity index (χ4n) is 3.29. The zero-order valence-electron chi connectivity index (χ0n) is 17.2. The number of carbonyl (C=O) groups is 2. The lowest BCUT2D eigenvalue weighted by molar-refractivity contribution is -0.139. The van der Waals surface area contributed by atoms with Crippen molar-refractivity contribution in [2.75, 3.05) is 19.8 Å². The molecule has 0 spiro atoms. The van der Waals surface area contributed by atoms with Gasteiger partial charge in [-0.1, -0.05) is 6.07 Å². The number of nitrogens with zero attached hydrogens (tertiary/aromatic N) is 1. The Morgan fingerprint density at radius 2 is 2.00 bits per heavy atom. The number of likely N-dealkylation sites (N-methyl/N-ethyl adjacent to an activating group) is 1. The van der Waals surface area contributed by atoms with Gasteiger partial charge in [0.2, 0.25) is 0 Å². The van der Waals surface area contributed by atoms with Crippen LogP contribution in [0.3, 0.4) is 0 Å². The second-order valence-electron chi connectivity index (χ2n) is 6.80. The van der Waals surface area contributed by atoms with E-state index in [4.69, 9.17) is 9.47 Å². The summed E-state index contributed by atoms with van der Waals surface area (Å²) in [6.07, 6.45) is 0. The smallest absolute Gasteiger partial charge is 0.338 e. The van der Waals surface area contributed by atoms with Crippen molar-refractivity contribution in [3.63, 3.8) is 0 Å². The third-order valence-electron chi connectivity index (χ3n) is 4.98. The third-order valence-corrected chi connectivity index (χ3v) is 5.68. The minimum absolute atomic E-state index is 0.0958. The molecule has 0 bridgehead atoms. The fraction of sp³-hybridized carbons (Fsp3) is 0.364. The maximum atomic E-state index is 12.9. The Labute approximate surface area is 175 Å². The molecule has 2 aromatic rings. The van der Waals surface area contributed by atoms with Crippen LogP contribution in [0, 0.1) is 13.8 Å². The van der Waals surface area contributed by atoms with Gasteiger partial charge in [0, 0.05) is 6.54 Å². The molecular formula is C22H26N2O4S. The van der Waals surface area contributed by atoms with Crippen molar-refractivity contribution in [3.05, 3.63) is 63.0 Å². The number of hydrogen-bond acceptors (Lipinski definition) is 5. The predicted octanol–water partition coefficient (Wildman–Crippen LogP) is 4.35. The van der Waals surface area contributed by atoms with Gasteiger partial charge in [0.1, 0.15) is 12.4 Å². The lowest BCUT2D eigenvalue weighted by atomic mass is 9.96. The summed E-state index contributed by atoms with van der Waals surface area (Å²) in [5.41, 5.74) is 4.09. The van der Waals surface area contributed by atoms with Gasteiger partial charge < -0.3 is 14.8 Å². The molecule has 154 valence electrons. The Hall–Kier alpha value is -2.80. The van der Waals surface area contributed by atoms with Crippen LogP contribution in [0.1, 0.15) is 36.6 Å². The first-order valence-electron chi connectivity index (χ1n) is 9.66. The van der Waals surface area contributed by atoms with Crippen LogP contribution in [0.25, 0.3) is 0 Å². The van der Waals surface area contributed by atoms with E-state index in [9.17, 15) is 9.59 Å². The number of carbonyl (C=O) groups excluding carboxylic acids is 2. The van der Waals surface area contributed by atoms with Crippen molar-refractivity contribution >= 4 is 23.3 Å². The van der Waals surface area contributed by atoms with E-state index in [1.807, 2.05) is 55.8 Å². The normalized spacial score (nSPS) is 16.6. The molecule has 7 heteroatoms. The van der Waals surface area contributed by atoms with Gasteiger partial charge in [-0.15, -0.1) is 0 Å². The molecule has 2 amide bonds. The summed E-state index contributed by atoms with van der Waals surface area (Å²) >= 11 is 1.51. The fourth-order valence-corrected chi connectivity index (χ4v) is 3.97. The topological polar surface area (TPSA) is 67.9 Å². The van der Waals surface area contributed by atoms with Crippen LogP contribution in [-0.4, -0.2) is 36.7 Å². The Kier molecular flexibility index (Phi) is 6.59. The van der Waals surface area contributed by atoms with E-state index < -0.39 is 12.0 Å². The largest absolute Gasteiger partial charge is 0.487 e. The highest BCUT2D eigenvalue weighted by atomic mass is 32.1. The van der Waals surface area contributed by atoms with Crippen molar-refractivity contribution in [2.45, 2.75) is 33.7 Å². The molecule has 0 radical (unpaired) electrons. The summed E-state index contributed by atoms with van der Waals surface area (Å²) in [6.45, 7) is 8.45. The predicted molar refractivity (Wildman–Crippen MR) is 113 cm³/mol. The molecule has 29 heavy (non-hydrogen) atoms. The molecule has 0 saturated heterocycles. The molecule has 1 N–H and O–H groups in total. The number of rotatable bonds is 7. The molecule has 6 nitrogen and oxygen atoms in total. The van der Waals surface area contributed by atoms with Crippen molar-refractivity contribution in [2.24, 2.45) is 0 Å². The van der Waals surface area contributed by atoms with Crippen LogP contribution in [0.5, 0.6) is 5.75 Å². The van der Waals surface area contributed by atoms with Crippen LogP contribution in [0.15, 0.2) is 46.3 Å². The van der Waals surface area contributed by atoms with Crippen LogP contribution in [0.4, 0.5) is 4.79 Å². The Morgan fingerprint density at radius 1 is 1.21 bits per heavy atom. The number of ether oxygens (including phenoxy) is 2. The highest BCUT2D eigenvalue weighted by Gasteiger charge is 2.38. The molecule has 0 fully saturated rings. The summed E-state index contributed by atoms with van der Waals surface area (Å²) in [4.78, 5) is 27.2. The first kappa shape index (κ1) is 20.9. The number of amides is 2. The van der Waals surface area contributed by atoms with Crippen LogP contribution < -0.4 is 10.1 Å². The highest BCUT2D eigenvalue weighted by molar-refractivity contribution is 7.08. The standard InChI is InChI=1S/C22H26N2O4S/c1-5-24-18(12-28-17-8-7-14(3)15(4)11-17)19(21(25)27-6-2)20(23-22(24)26)16-9-10-29-13-16/h7-11,13,20H,5-6,12H2,1-4H3,(H,23,26). The van der Waals surface area contributed by atoms with E-state index in [0.717, 1.165) is 11.1 Å². The van der Waals surface area contributed by atoms with Gasteiger partial charge in [0.05, 0.1) is 23.9 Å². The van der Waals surface area contributed by atoms with Gasteiger partial charge in [0.25, 0.3) is 0 Å². The van der Waals surface area contributed by atoms with E-state index in [1.54, 1.807) is 6.92 Å². The average Bonchev–Trinajstić information content (AvgIpc) is 3.23. The second-order valence-corrected chi connectivity index (χ2v) is 7.58. The maximum absolute atomic E-state index is 12.9. The van der Waals surface area contributed by atoms with Crippen molar-refractivity contribution in [1.29, 1.82) is 0 Å². The number of thiophene rings is 1. The molecule has 2 heterocycles. The first-order valence-corrected chi connectivity index (χ1v) is 10.6. The number of nitrogens with one attached hydrogen (secondary N) is 1. The molecule has 1 unspecified atom stereocenters. The summed E-state index contributed by atoms with van der Waals surface area (Å²) in [6, 6.07) is 6.92. The van der Waals surface area contributed by atoms with Crippen LogP contribution >= 0.6 is 11.3 Å². The monoisotopic (exact) mass is 414 g/mol. The number of esters is 1. The van der Waals surface area contributed by atoms with E-state index in [0.29, 0.717) is 23.6 Å². The van der Waals surface area contributed by atoms with Gasteiger partial charge in [-0.3, -0.25) is 4.90 Å². The van der Waals surface area contributed by atoms with Crippen molar-refractivity contribution in [3.8, 4) is 5.75 Å². The zero-order valence-corrected chi connectivity index (χ0v) is 18.0. The molecule has 1 aromatic heterocycles. The first-order chi connectivity index (χ1) is 14.0. The molecule has 1 atom stereocenters. The Bertz CT molecular complexity index is 921. The van der Waals surface area contributed by atoms with Gasteiger partial charge in [-0.25, -0.2) is 9.59 Å². The lowest BCUT2D eigenvalue weighted by Gasteiger charge is -2.35. The van der Waals surface area contributed by atoms with E-state index in [2.05, 4.69) is 5.32 Å². The number of urea groups is 1. The van der Waals surface area contributed by atoms with Gasteiger partial charge in [-0.2, -0.15) is 11.3 Å². The minimum atomic E-state index is -0.561. The summed E-state index contributed by atoms with van der Waals surface area (Å²) in [7, 11) is 0. The van der Waals surface area contributed by atoms with E-state index in [1.165, 1.54) is 21.8 Å². The summed E-state index contributed by atoms with van der Waals surface area (Å²) in [5.74, 6) is 0.249. The number of aryl methyl sites for hydroxylation is 2. The maximum Gasteiger partial charge on any atom is 0.338 e.